The number of sulfonamides is 3. The van der Waals surface area contributed by atoms with E-state index in [1.54, 1.807) is 133 Å². The molecule has 0 spiro atoms. The van der Waals surface area contributed by atoms with Gasteiger partial charge >= 0.3 is 17.9 Å². The summed E-state index contributed by atoms with van der Waals surface area (Å²) in [6.45, 7) is 1.90. The number of hydrogen-bond acceptors (Lipinski definition) is 12. The van der Waals surface area contributed by atoms with Crippen molar-refractivity contribution in [3.8, 4) is 5.75 Å². The molecular weight excluding hydrogens is 1210 g/mol. The lowest BCUT2D eigenvalue weighted by Gasteiger charge is -2.13. The molecule has 6 N–H and O–H groups in total. The number of benzene rings is 9. The van der Waals surface area contributed by atoms with Gasteiger partial charge in [0.15, 0.2) is 4.90 Å². The lowest BCUT2D eigenvalue weighted by Crippen LogP contribution is -2.16. The first-order valence-corrected chi connectivity index (χ1v) is 32.7. The van der Waals surface area contributed by atoms with Crippen molar-refractivity contribution in [1.82, 2.24) is 0 Å². The van der Waals surface area contributed by atoms with Crippen molar-refractivity contribution in [2.24, 2.45) is 0 Å². The minimum atomic E-state index is -4.18. The van der Waals surface area contributed by atoms with Crippen LogP contribution < -0.4 is 18.9 Å². The van der Waals surface area contributed by atoms with Gasteiger partial charge in [0.25, 0.3) is 35.8 Å². The van der Waals surface area contributed by atoms with Crippen LogP contribution in [0, 0.1) is 17.0 Å². The van der Waals surface area contributed by atoms with Gasteiger partial charge in [0.1, 0.15) is 5.75 Å². The molecule has 0 radical (unpaired) electrons. The highest BCUT2D eigenvalue weighted by Gasteiger charge is 2.26. The second-order valence-electron chi connectivity index (χ2n) is 20.4. The second kappa shape index (κ2) is 31.7. The van der Waals surface area contributed by atoms with E-state index in [9.17, 15) is 65.1 Å². The number of aromatic carboxylic acids is 3. The van der Waals surface area contributed by atoms with Gasteiger partial charge < -0.3 is 20.1 Å². The summed E-state index contributed by atoms with van der Waals surface area (Å²) >= 11 is 0. The number of aryl methyl sites for hydroxylation is 7. The number of para-hydroxylation sites is 4. The number of rotatable bonds is 26. The van der Waals surface area contributed by atoms with Gasteiger partial charge in [-0.2, -0.15) is 0 Å². The SMILES string of the molecule is COc1ccc(S(=O)(=O)Nc2ccccc2CCCc2ccccc2C(=O)O)cc1.Cc1ccc(S(=O)(=O)Nc2ccccc2CCCc2ccccc2C(=O)O)cc1.O=C(O)c1ccccc1CCCc1ccccc1NS(=O)(=O)c1ccccc1[N+](=O)[O-]. The summed E-state index contributed by atoms with van der Waals surface area (Å²) in [5.41, 5.74) is 7.39. The average molecular weight is 1280 g/mol. The molecule has 0 saturated carbocycles. The monoisotopic (exact) mass is 1270 g/mol. The van der Waals surface area contributed by atoms with E-state index < -0.39 is 63.5 Å². The van der Waals surface area contributed by atoms with Crippen LogP contribution in [0.1, 0.15) is 89.3 Å². The van der Waals surface area contributed by atoms with E-state index in [2.05, 4.69) is 14.2 Å². The maximum absolute atomic E-state index is 12.8. The summed E-state index contributed by atoms with van der Waals surface area (Å²) in [5, 5.41) is 39.1. The number of nitrogens with zero attached hydrogens (tertiary/aromatic N) is 1. The molecule has 0 aliphatic carbocycles. The molecular formula is C68H66N4O15S3. The highest BCUT2D eigenvalue weighted by molar-refractivity contribution is 7.93. The molecule has 22 heteroatoms. The summed E-state index contributed by atoms with van der Waals surface area (Å²) in [5.74, 6) is -2.30. The topological polar surface area (TPSA) is 303 Å². The van der Waals surface area contributed by atoms with E-state index in [0.717, 1.165) is 33.9 Å². The predicted octanol–water partition coefficient (Wildman–Crippen LogP) is 13.3. The van der Waals surface area contributed by atoms with E-state index >= 15 is 0 Å². The number of methoxy groups -OCH3 is 1. The zero-order chi connectivity index (χ0) is 64.8. The van der Waals surface area contributed by atoms with Crippen LogP contribution in [0.5, 0.6) is 5.75 Å². The largest absolute Gasteiger partial charge is 0.497 e. The number of carboxylic acids is 3. The van der Waals surface area contributed by atoms with Crippen LogP contribution in [0.15, 0.2) is 233 Å². The van der Waals surface area contributed by atoms with E-state index in [-0.39, 0.29) is 15.4 Å². The fourth-order valence-corrected chi connectivity index (χ4v) is 13.2. The highest BCUT2D eigenvalue weighted by Crippen LogP contribution is 2.29. The molecule has 9 aromatic rings. The highest BCUT2D eigenvalue weighted by atomic mass is 32.2. The number of ether oxygens (including phenoxy) is 1. The second-order valence-corrected chi connectivity index (χ2v) is 25.5. The number of nitro groups is 1. The number of hydrogen-bond donors (Lipinski definition) is 6. The molecule has 466 valence electrons. The molecule has 0 heterocycles. The fraction of sp³-hybridized carbons (Fsp3) is 0.162. The molecule has 0 saturated heterocycles. The molecule has 0 bridgehead atoms. The van der Waals surface area contributed by atoms with Crippen LogP contribution in [0.25, 0.3) is 0 Å². The van der Waals surface area contributed by atoms with Crippen LogP contribution >= 0.6 is 0 Å². The van der Waals surface area contributed by atoms with Crippen LogP contribution in [0.4, 0.5) is 22.7 Å². The maximum Gasteiger partial charge on any atom is 0.335 e. The Morgan fingerprint density at radius 2 is 0.689 bits per heavy atom. The standard InChI is InChI=1S/C23H23NO5S.C23H23NO4S.C22H20N2O6S/c1-29-19-13-15-20(16-14-19)30(27,28)24-22-12-5-3-8-18(22)10-6-9-17-7-2-4-11-21(17)23(25)26;1-17-13-15-20(16-14-17)29(27,28)24-22-12-5-3-8-19(22)10-6-9-18-7-2-4-11-21(18)23(25)26;25-22(26)18-12-3-1-8-16(18)10-7-11-17-9-2-4-13-19(17)23-31(29,30)21-15-6-5-14-20(21)24(27)28/h2-5,7-8,11-16,24H,6,9-10H2,1H3,(H,25,26);2-5,7-8,11-16,24H,6,9-10H2,1H3,(H,25,26);1-6,8-9,12-15,23H,7,10-11H2,(H,25,26). The molecule has 9 rings (SSSR count). The van der Waals surface area contributed by atoms with Crippen LogP contribution in [-0.2, 0) is 68.6 Å². The van der Waals surface area contributed by atoms with Crippen LogP contribution in [0.3, 0.4) is 0 Å². The molecule has 0 aromatic heterocycles. The Hall–Kier alpha value is -10.2. The van der Waals surface area contributed by atoms with E-state index in [0.29, 0.717) is 103 Å². The van der Waals surface area contributed by atoms with Gasteiger partial charge in [-0.25, -0.2) is 39.6 Å². The van der Waals surface area contributed by atoms with Gasteiger partial charge in [0.2, 0.25) is 0 Å². The first-order chi connectivity index (χ1) is 43.1. The minimum absolute atomic E-state index is 0.147. The lowest BCUT2D eigenvalue weighted by molar-refractivity contribution is -0.387. The number of nitrogens with one attached hydrogen (secondary N) is 3. The van der Waals surface area contributed by atoms with Gasteiger partial charge in [-0.3, -0.25) is 24.3 Å². The third kappa shape index (κ3) is 18.9. The zero-order valence-corrected chi connectivity index (χ0v) is 51.5. The fourth-order valence-electron chi connectivity index (χ4n) is 9.68. The number of nitro benzene ring substituents is 1. The Morgan fingerprint density at radius 1 is 0.400 bits per heavy atom. The Balaban J connectivity index is 0.000000192. The van der Waals surface area contributed by atoms with Gasteiger partial charge in [-0.1, -0.05) is 139 Å². The molecule has 90 heavy (non-hydrogen) atoms. The lowest BCUT2D eigenvalue weighted by atomic mass is 9.99. The number of anilines is 3. The zero-order valence-electron chi connectivity index (χ0n) is 49.1. The van der Waals surface area contributed by atoms with Crippen molar-refractivity contribution in [3.63, 3.8) is 0 Å². The molecule has 0 unspecified atom stereocenters. The van der Waals surface area contributed by atoms with Crippen molar-refractivity contribution in [3.05, 3.63) is 284 Å². The Kier molecular flexibility index (Phi) is 23.7. The molecule has 0 aliphatic rings. The van der Waals surface area contributed by atoms with Gasteiger partial charge in [0, 0.05) is 6.07 Å². The summed E-state index contributed by atoms with van der Waals surface area (Å²) in [6, 6.07) is 59.9. The van der Waals surface area contributed by atoms with E-state index in [1.807, 2.05) is 55.5 Å². The van der Waals surface area contributed by atoms with Crippen molar-refractivity contribution in [1.29, 1.82) is 0 Å². The van der Waals surface area contributed by atoms with E-state index in [4.69, 9.17) is 4.74 Å². The van der Waals surface area contributed by atoms with Crippen LogP contribution in [0.2, 0.25) is 0 Å². The predicted molar refractivity (Wildman–Crippen MR) is 345 cm³/mol. The summed E-state index contributed by atoms with van der Waals surface area (Å²) in [4.78, 5) is 44.5. The number of carbonyl (C=O) groups is 3. The minimum Gasteiger partial charge on any atom is -0.497 e. The van der Waals surface area contributed by atoms with Crippen molar-refractivity contribution >= 4 is 70.7 Å². The normalized spacial score (nSPS) is 11.1. The third-order valence-corrected chi connectivity index (χ3v) is 18.4. The van der Waals surface area contributed by atoms with Gasteiger partial charge in [-0.15, -0.1) is 0 Å². The Morgan fingerprint density at radius 3 is 1.03 bits per heavy atom. The summed E-state index contributed by atoms with van der Waals surface area (Å²) < 4.78 is 89.4. The summed E-state index contributed by atoms with van der Waals surface area (Å²) in [7, 11) is -10.1. The molecule has 0 atom stereocenters. The molecule has 9 aromatic carbocycles. The third-order valence-electron chi connectivity index (χ3n) is 14.3. The molecule has 0 amide bonds. The van der Waals surface area contributed by atoms with Gasteiger partial charge in [0.05, 0.1) is 55.6 Å². The number of carboxylic acid groups (broad SMARTS) is 3. The average Bonchev–Trinajstić information content (AvgIpc) is 1.99. The van der Waals surface area contributed by atoms with Crippen molar-refractivity contribution < 1.29 is 64.6 Å². The first-order valence-electron chi connectivity index (χ1n) is 28.3. The smallest absolute Gasteiger partial charge is 0.335 e. The summed E-state index contributed by atoms with van der Waals surface area (Å²) in [6.07, 6.45) is 5.39. The molecule has 0 fully saturated rings. The maximum atomic E-state index is 12.8. The van der Waals surface area contributed by atoms with E-state index in [1.165, 1.54) is 37.4 Å². The van der Waals surface area contributed by atoms with Crippen LogP contribution in [-0.4, -0.2) is 70.5 Å². The molecule has 19 nitrogen and oxygen atoms in total. The molecule has 0 aliphatic heterocycles. The first kappa shape index (κ1) is 67.3. The van der Waals surface area contributed by atoms with Crippen molar-refractivity contribution in [2.45, 2.75) is 79.4 Å². The quantitative estimate of drug-likeness (QED) is 0.0217. The Bertz CT molecular complexity index is 4330. The van der Waals surface area contributed by atoms with Crippen molar-refractivity contribution in [2.75, 3.05) is 21.3 Å². The Labute approximate surface area is 523 Å². The van der Waals surface area contributed by atoms with Gasteiger partial charge in [-0.05, 0) is 177 Å².